The van der Waals surface area contributed by atoms with Crippen molar-refractivity contribution in [2.75, 3.05) is 25.0 Å². The van der Waals surface area contributed by atoms with E-state index in [2.05, 4.69) is 41.3 Å². The second kappa shape index (κ2) is 10.2. The van der Waals surface area contributed by atoms with Crippen molar-refractivity contribution in [3.05, 3.63) is 59.3 Å². The lowest BCUT2D eigenvalue weighted by Crippen LogP contribution is -2.30. The minimum Gasteiger partial charge on any atom is -0.368 e. The zero-order chi connectivity index (χ0) is 21.4. The number of amides is 1. The van der Waals surface area contributed by atoms with Crippen molar-refractivity contribution in [1.29, 1.82) is 0 Å². The normalized spacial score (nSPS) is 11.7. The summed E-state index contributed by atoms with van der Waals surface area (Å²) in [6.07, 6.45) is -3.19. The van der Waals surface area contributed by atoms with Gasteiger partial charge in [0, 0.05) is 37.4 Å². The number of nitrogens with one attached hydrogen (secondary N) is 2. The summed E-state index contributed by atoms with van der Waals surface area (Å²) in [4.78, 5) is 18.3. The molecule has 2 N–H and O–H groups in total. The van der Waals surface area contributed by atoms with Crippen LogP contribution in [0.1, 0.15) is 42.3 Å². The summed E-state index contributed by atoms with van der Waals surface area (Å²) in [6, 6.07) is 9.99. The van der Waals surface area contributed by atoms with Crippen LogP contribution >= 0.6 is 0 Å². The van der Waals surface area contributed by atoms with E-state index in [1.165, 1.54) is 12.3 Å². The molecule has 8 heteroatoms. The van der Waals surface area contributed by atoms with Gasteiger partial charge in [-0.25, -0.2) is 4.98 Å². The molecule has 0 saturated heterocycles. The Hall–Kier alpha value is -2.61. The van der Waals surface area contributed by atoms with Crippen molar-refractivity contribution in [3.8, 4) is 0 Å². The van der Waals surface area contributed by atoms with Crippen molar-refractivity contribution in [3.63, 3.8) is 0 Å². The minimum absolute atomic E-state index is 0.129. The zero-order valence-electron chi connectivity index (χ0n) is 16.9. The highest BCUT2D eigenvalue weighted by Gasteiger charge is 2.33. The Morgan fingerprint density at radius 3 is 2.41 bits per heavy atom. The van der Waals surface area contributed by atoms with E-state index in [0.29, 0.717) is 11.6 Å². The van der Waals surface area contributed by atoms with Gasteiger partial charge >= 0.3 is 6.18 Å². The average Bonchev–Trinajstić information content (AvgIpc) is 2.69. The molecular weight excluding hydrogens is 381 g/mol. The lowest BCUT2D eigenvalue weighted by Gasteiger charge is -2.24. The summed E-state index contributed by atoms with van der Waals surface area (Å²) in [5, 5.41) is 5.32. The highest BCUT2D eigenvalue weighted by molar-refractivity contribution is 5.94. The lowest BCUT2D eigenvalue weighted by atomic mass is 10.1. The number of benzene rings is 1. The van der Waals surface area contributed by atoms with Crippen molar-refractivity contribution in [2.45, 2.75) is 39.5 Å². The second-order valence-electron chi connectivity index (χ2n) is 6.93. The number of carbonyl (C=O) groups is 1. The van der Waals surface area contributed by atoms with E-state index in [1.807, 2.05) is 12.1 Å². The zero-order valence-corrected chi connectivity index (χ0v) is 16.9. The topological polar surface area (TPSA) is 57.3 Å². The number of anilines is 1. The van der Waals surface area contributed by atoms with E-state index < -0.39 is 11.7 Å². The summed E-state index contributed by atoms with van der Waals surface area (Å²) >= 11 is 0. The molecule has 1 heterocycles. The molecule has 2 aromatic rings. The largest absolute Gasteiger partial charge is 0.419 e. The molecule has 0 atom stereocenters. The number of pyridine rings is 1. The minimum atomic E-state index is -4.48. The van der Waals surface area contributed by atoms with Crippen LogP contribution in [0.15, 0.2) is 42.6 Å². The van der Waals surface area contributed by atoms with E-state index in [4.69, 9.17) is 0 Å². The van der Waals surface area contributed by atoms with Crippen LogP contribution in [0.2, 0.25) is 0 Å². The van der Waals surface area contributed by atoms with Crippen molar-refractivity contribution in [1.82, 2.24) is 15.2 Å². The van der Waals surface area contributed by atoms with Gasteiger partial charge in [0.2, 0.25) is 0 Å². The lowest BCUT2D eigenvalue weighted by molar-refractivity contribution is -0.137. The molecule has 1 aromatic heterocycles. The average molecular weight is 408 g/mol. The van der Waals surface area contributed by atoms with E-state index in [1.54, 1.807) is 12.1 Å². The Kier molecular flexibility index (Phi) is 8.01. The molecule has 0 aliphatic heterocycles. The monoisotopic (exact) mass is 408 g/mol. The first kappa shape index (κ1) is 22.7. The first-order valence-corrected chi connectivity index (χ1v) is 9.59. The second-order valence-corrected chi connectivity index (χ2v) is 6.93. The fourth-order valence-corrected chi connectivity index (χ4v) is 2.89. The summed E-state index contributed by atoms with van der Waals surface area (Å²) in [7, 11) is 0. The predicted octanol–water partition coefficient (Wildman–Crippen LogP) is 4.17. The Labute approximate surface area is 169 Å². The van der Waals surface area contributed by atoms with Crippen LogP contribution in [-0.4, -0.2) is 41.5 Å². The molecule has 0 saturated carbocycles. The third kappa shape index (κ3) is 6.74. The van der Waals surface area contributed by atoms with Crippen LogP contribution in [0.25, 0.3) is 0 Å². The Morgan fingerprint density at radius 2 is 1.83 bits per heavy atom. The van der Waals surface area contributed by atoms with Gasteiger partial charge in [0.05, 0.1) is 5.56 Å². The number of rotatable bonds is 9. The number of nitrogens with zero attached hydrogens (tertiary/aromatic N) is 2. The maximum Gasteiger partial charge on any atom is 0.419 e. The fraction of sp³-hybridized carbons (Fsp3) is 0.429. The summed E-state index contributed by atoms with van der Waals surface area (Å²) in [5.41, 5.74) is 0.799. The summed E-state index contributed by atoms with van der Waals surface area (Å²) in [6.45, 7) is 8.45. The number of carbonyl (C=O) groups excluding carboxylic acids is 1. The van der Waals surface area contributed by atoms with E-state index in [-0.39, 0.29) is 24.8 Å². The molecule has 1 aromatic carbocycles. The first-order chi connectivity index (χ1) is 13.7. The number of hydrogen-bond acceptors (Lipinski definition) is 4. The van der Waals surface area contributed by atoms with Crippen LogP contribution in [0, 0.1) is 0 Å². The Bertz CT molecular complexity index is 791. The summed E-state index contributed by atoms with van der Waals surface area (Å²) in [5.74, 6) is -0.518. The van der Waals surface area contributed by atoms with Gasteiger partial charge < -0.3 is 10.6 Å². The molecular formula is C21H27F3N4O. The third-order valence-corrected chi connectivity index (χ3v) is 4.55. The molecule has 1 amide bonds. The molecule has 2 rings (SSSR count). The molecule has 0 aliphatic carbocycles. The maximum atomic E-state index is 12.9. The Morgan fingerprint density at radius 1 is 1.14 bits per heavy atom. The number of alkyl halides is 3. The van der Waals surface area contributed by atoms with Crippen LogP contribution < -0.4 is 10.6 Å². The highest BCUT2D eigenvalue weighted by Crippen LogP contribution is 2.33. The molecule has 0 bridgehead atoms. The standard InChI is InChI=1S/C21H27F3N4O/c1-4-28(15(2)3)14-16-7-9-17(10-8-16)20(29)27-13-12-26-19-18(21(22,23)24)6-5-11-25-19/h5-11,15H,4,12-14H2,1-3H3,(H,25,26)(H,27,29). The molecule has 0 aliphatic rings. The van der Waals surface area contributed by atoms with Gasteiger partial charge in [-0.15, -0.1) is 0 Å². The van der Waals surface area contributed by atoms with Crippen LogP contribution in [-0.2, 0) is 12.7 Å². The quantitative estimate of drug-likeness (QED) is 0.612. The van der Waals surface area contributed by atoms with Crippen LogP contribution in [0.3, 0.4) is 0 Å². The van der Waals surface area contributed by atoms with Gasteiger partial charge in [0.1, 0.15) is 5.82 Å². The number of halogens is 3. The summed E-state index contributed by atoms with van der Waals surface area (Å²) < 4.78 is 38.8. The van der Waals surface area contributed by atoms with Crippen LogP contribution in [0.5, 0.6) is 0 Å². The van der Waals surface area contributed by atoms with Gasteiger partial charge in [0.15, 0.2) is 0 Å². The van der Waals surface area contributed by atoms with Crippen molar-refractivity contribution in [2.24, 2.45) is 0 Å². The Balaban J connectivity index is 1.84. The molecule has 0 fully saturated rings. The fourth-order valence-electron chi connectivity index (χ4n) is 2.89. The van der Waals surface area contributed by atoms with E-state index >= 15 is 0 Å². The molecule has 0 spiro atoms. The molecule has 5 nitrogen and oxygen atoms in total. The van der Waals surface area contributed by atoms with E-state index in [0.717, 1.165) is 24.7 Å². The van der Waals surface area contributed by atoms with Gasteiger partial charge in [-0.2, -0.15) is 13.2 Å². The van der Waals surface area contributed by atoms with Gasteiger partial charge in [-0.3, -0.25) is 9.69 Å². The smallest absolute Gasteiger partial charge is 0.368 e. The molecule has 158 valence electrons. The first-order valence-electron chi connectivity index (χ1n) is 9.59. The van der Waals surface area contributed by atoms with Crippen LogP contribution in [0.4, 0.5) is 19.0 Å². The molecule has 0 radical (unpaired) electrons. The highest BCUT2D eigenvalue weighted by atomic mass is 19.4. The number of hydrogen-bond donors (Lipinski definition) is 2. The molecule has 0 unspecified atom stereocenters. The molecule has 29 heavy (non-hydrogen) atoms. The van der Waals surface area contributed by atoms with E-state index in [9.17, 15) is 18.0 Å². The SMILES string of the molecule is CCN(Cc1ccc(C(=O)NCCNc2ncccc2C(F)(F)F)cc1)C(C)C. The number of aromatic nitrogens is 1. The van der Waals surface area contributed by atoms with Crippen molar-refractivity contribution >= 4 is 11.7 Å². The third-order valence-electron chi connectivity index (χ3n) is 4.55. The maximum absolute atomic E-state index is 12.9. The van der Waals surface area contributed by atoms with Gasteiger partial charge in [0.25, 0.3) is 5.91 Å². The predicted molar refractivity (Wildman–Crippen MR) is 108 cm³/mol. The van der Waals surface area contributed by atoms with Gasteiger partial charge in [-0.05, 0) is 50.2 Å². The van der Waals surface area contributed by atoms with Gasteiger partial charge in [-0.1, -0.05) is 19.1 Å². The van der Waals surface area contributed by atoms with Crippen molar-refractivity contribution < 1.29 is 18.0 Å².